The van der Waals surface area contributed by atoms with Gasteiger partial charge in [0.25, 0.3) is 0 Å². The van der Waals surface area contributed by atoms with Crippen LogP contribution in [-0.2, 0) is 21.2 Å². The fourth-order valence-corrected chi connectivity index (χ4v) is 4.97. The van der Waals surface area contributed by atoms with E-state index in [1.54, 1.807) is 11.6 Å². The predicted molar refractivity (Wildman–Crippen MR) is 108 cm³/mol. The Balaban J connectivity index is 1.68. The van der Waals surface area contributed by atoms with Gasteiger partial charge in [0.2, 0.25) is 15.9 Å². The summed E-state index contributed by atoms with van der Waals surface area (Å²) in [4.78, 5) is 17.0. The van der Waals surface area contributed by atoms with Crippen LogP contribution in [0, 0.1) is 5.92 Å². The number of nitrogens with one attached hydrogen (secondary N) is 1. The summed E-state index contributed by atoms with van der Waals surface area (Å²) in [5, 5.41) is 16.1. The highest BCUT2D eigenvalue weighted by atomic mass is 32.2. The Kier molecular flexibility index (Phi) is 6.82. The van der Waals surface area contributed by atoms with E-state index in [4.69, 9.17) is 0 Å². The number of amides is 1. The minimum absolute atomic E-state index is 0.148. The number of aliphatic hydroxyl groups is 1. The first kappa shape index (κ1) is 20.9. The quantitative estimate of drug-likeness (QED) is 0.704. The van der Waals surface area contributed by atoms with Gasteiger partial charge in [0.05, 0.1) is 12.3 Å². The molecule has 2 unspecified atom stereocenters. The molecule has 3 rings (SSSR count). The summed E-state index contributed by atoms with van der Waals surface area (Å²) < 4.78 is 24.7. The van der Waals surface area contributed by atoms with Crippen LogP contribution in [-0.4, -0.2) is 54.1 Å². The topological polar surface area (TPSA) is 99.6 Å². The lowest BCUT2D eigenvalue weighted by Gasteiger charge is -2.31. The minimum Gasteiger partial charge on any atom is -0.384 e. The van der Waals surface area contributed by atoms with Crippen molar-refractivity contribution in [3.8, 4) is 0 Å². The molecule has 9 heteroatoms. The summed E-state index contributed by atoms with van der Waals surface area (Å²) in [6, 6.07) is 9.17. The second-order valence-electron chi connectivity index (χ2n) is 7.06. The molecule has 2 aromatic rings. The van der Waals surface area contributed by atoms with Crippen molar-refractivity contribution < 1.29 is 18.3 Å². The van der Waals surface area contributed by atoms with Crippen LogP contribution in [0.1, 0.15) is 29.5 Å². The van der Waals surface area contributed by atoms with Gasteiger partial charge < -0.3 is 10.4 Å². The first-order valence-corrected chi connectivity index (χ1v) is 11.9. The van der Waals surface area contributed by atoms with Crippen molar-refractivity contribution in [1.29, 1.82) is 0 Å². The van der Waals surface area contributed by atoms with E-state index in [1.807, 2.05) is 30.3 Å². The molecular formula is C19H25N3O4S2. The second-order valence-corrected chi connectivity index (χ2v) is 9.96. The number of rotatable bonds is 7. The van der Waals surface area contributed by atoms with Gasteiger partial charge in [-0.3, -0.25) is 4.79 Å². The van der Waals surface area contributed by atoms with Gasteiger partial charge in [-0.15, -0.1) is 11.3 Å². The fraction of sp³-hybridized carbons (Fsp3) is 0.474. The lowest BCUT2D eigenvalue weighted by Crippen LogP contribution is -2.47. The lowest BCUT2D eigenvalue weighted by atomic mass is 9.95. The van der Waals surface area contributed by atoms with Crippen molar-refractivity contribution >= 4 is 27.3 Å². The molecule has 2 heterocycles. The zero-order valence-corrected chi connectivity index (χ0v) is 17.3. The summed E-state index contributed by atoms with van der Waals surface area (Å²) >= 11 is 1.35. The van der Waals surface area contributed by atoms with Crippen molar-refractivity contribution in [2.45, 2.75) is 31.4 Å². The van der Waals surface area contributed by atoms with Crippen LogP contribution in [0.5, 0.6) is 0 Å². The first-order chi connectivity index (χ1) is 13.3. The Morgan fingerprint density at radius 2 is 2.00 bits per heavy atom. The molecule has 0 bridgehead atoms. The zero-order valence-electron chi connectivity index (χ0n) is 15.7. The molecule has 2 atom stereocenters. The average Bonchev–Trinajstić information content (AvgIpc) is 3.22. The zero-order chi connectivity index (χ0) is 20.1. The maximum Gasteiger partial charge on any atom is 0.223 e. The molecule has 0 saturated carbocycles. The Bertz CT molecular complexity index is 864. The van der Waals surface area contributed by atoms with Gasteiger partial charge in [-0.2, -0.15) is 0 Å². The molecule has 7 nitrogen and oxygen atoms in total. The van der Waals surface area contributed by atoms with Crippen LogP contribution in [0.2, 0.25) is 0 Å². The van der Waals surface area contributed by atoms with E-state index in [2.05, 4.69) is 10.3 Å². The van der Waals surface area contributed by atoms with E-state index in [-0.39, 0.29) is 11.8 Å². The molecule has 0 spiro atoms. The molecule has 28 heavy (non-hydrogen) atoms. The van der Waals surface area contributed by atoms with Crippen molar-refractivity contribution in [2.24, 2.45) is 5.92 Å². The van der Waals surface area contributed by atoms with E-state index < -0.39 is 22.2 Å². The van der Waals surface area contributed by atoms with E-state index >= 15 is 0 Å². The SMILES string of the molecule is CS(=O)(=O)N1CCC(C(=O)NC(Cc2ccccc2)C(O)c2nccs2)CC1. The number of aromatic nitrogens is 1. The Labute approximate surface area is 169 Å². The standard InChI is InChI=1S/C19H25N3O4S2/c1-28(25,26)22-10-7-15(8-11-22)18(24)21-16(13-14-5-3-2-4-6-14)17(23)19-20-9-12-27-19/h2-6,9,12,15-17,23H,7-8,10-11,13H2,1H3,(H,21,24). The molecule has 1 aliphatic heterocycles. The van der Waals surface area contributed by atoms with Crippen molar-refractivity contribution in [2.75, 3.05) is 19.3 Å². The number of carbonyl (C=O) groups excluding carboxylic acids is 1. The van der Waals surface area contributed by atoms with Crippen LogP contribution >= 0.6 is 11.3 Å². The molecule has 152 valence electrons. The third-order valence-electron chi connectivity index (χ3n) is 5.01. The van der Waals surface area contributed by atoms with Crippen LogP contribution in [0.15, 0.2) is 41.9 Å². The summed E-state index contributed by atoms with van der Waals surface area (Å²) in [5.74, 6) is -0.413. The number of hydrogen-bond donors (Lipinski definition) is 2. The Morgan fingerprint density at radius 1 is 1.32 bits per heavy atom. The molecule has 1 amide bonds. The molecule has 0 radical (unpaired) electrons. The van der Waals surface area contributed by atoms with Gasteiger partial charge in [-0.05, 0) is 24.8 Å². The molecule has 1 aliphatic rings. The van der Waals surface area contributed by atoms with E-state index in [0.29, 0.717) is 37.4 Å². The summed E-state index contributed by atoms with van der Waals surface area (Å²) in [6.07, 6.45) is 3.35. The van der Waals surface area contributed by atoms with Crippen LogP contribution in [0.3, 0.4) is 0 Å². The Hall–Kier alpha value is -1.81. The highest BCUT2D eigenvalue weighted by Crippen LogP contribution is 2.24. The van der Waals surface area contributed by atoms with Gasteiger partial charge in [0.1, 0.15) is 11.1 Å². The van der Waals surface area contributed by atoms with Crippen molar-refractivity contribution in [3.05, 3.63) is 52.5 Å². The Morgan fingerprint density at radius 3 is 2.57 bits per heavy atom. The molecule has 2 N–H and O–H groups in total. The van der Waals surface area contributed by atoms with Gasteiger partial charge in [0.15, 0.2) is 0 Å². The molecular weight excluding hydrogens is 398 g/mol. The summed E-state index contributed by atoms with van der Waals surface area (Å²) in [7, 11) is -3.23. The predicted octanol–water partition coefficient (Wildman–Crippen LogP) is 1.58. The van der Waals surface area contributed by atoms with Crippen molar-refractivity contribution in [3.63, 3.8) is 0 Å². The fourth-order valence-electron chi connectivity index (χ4n) is 3.41. The van der Waals surface area contributed by atoms with E-state index in [0.717, 1.165) is 5.56 Å². The van der Waals surface area contributed by atoms with Crippen LogP contribution in [0.25, 0.3) is 0 Å². The third-order valence-corrected chi connectivity index (χ3v) is 7.15. The van der Waals surface area contributed by atoms with Crippen molar-refractivity contribution in [1.82, 2.24) is 14.6 Å². The number of aliphatic hydroxyl groups excluding tert-OH is 1. The highest BCUT2D eigenvalue weighted by Gasteiger charge is 2.32. The lowest BCUT2D eigenvalue weighted by molar-refractivity contribution is -0.127. The number of sulfonamides is 1. The largest absolute Gasteiger partial charge is 0.384 e. The summed E-state index contributed by atoms with van der Waals surface area (Å²) in [6.45, 7) is 0.685. The molecule has 0 aliphatic carbocycles. The molecule has 1 fully saturated rings. The van der Waals surface area contributed by atoms with Crippen LogP contribution in [0.4, 0.5) is 0 Å². The van der Waals surface area contributed by atoms with Gasteiger partial charge in [-0.1, -0.05) is 30.3 Å². The highest BCUT2D eigenvalue weighted by molar-refractivity contribution is 7.88. The van der Waals surface area contributed by atoms with Crippen LogP contribution < -0.4 is 5.32 Å². The molecule has 1 saturated heterocycles. The second kappa shape index (κ2) is 9.13. The molecule has 1 aromatic heterocycles. The average molecular weight is 424 g/mol. The number of nitrogens with zero attached hydrogens (tertiary/aromatic N) is 2. The number of thiazole rings is 1. The van der Waals surface area contributed by atoms with E-state index in [9.17, 15) is 18.3 Å². The first-order valence-electron chi connectivity index (χ1n) is 9.21. The smallest absolute Gasteiger partial charge is 0.223 e. The molecule has 1 aromatic carbocycles. The third kappa shape index (κ3) is 5.38. The maximum atomic E-state index is 12.8. The minimum atomic E-state index is -3.23. The monoisotopic (exact) mass is 423 g/mol. The maximum absolute atomic E-state index is 12.8. The number of benzene rings is 1. The summed E-state index contributed by atoms with van der Waals surface area (Å²) in [5.41, 5.74) is 1.01. The number of carbonyl (C=O) groups is 1. The number of hydrogen-bond acceptors (Lipinski definition) is 6. The number of piperidine rings is 1. The van der Waals surface area contributed by atoms with Gasteiger partial charge >= 0.3 is 0 Å². The normalized spacial score (nSPS) is 18.5. The van der Waals surface area contributed by atoms with E-state index in [1.165, 1.54) is 21.9 Å². The van der Waals surface area contributed by atoms with Gasteiger partial charge in [-0.25, -0.2) is 17.7 Å². The van der Waals surface area contributed by atoms with Gasteiger partial charge in [0, 0.05) is 30.6 Å².